The normalized spacial score (nSPS) is 14.1. The number of benzene rings is 3. The molecule has 32 heavy (non-hydrogen) atoms. The molecule has 1 aliphatic heterocycles. The van der Waals surface area contributed by atoms with Crippen molar-refractivity contribution in [3.63, 3.8) is 0 Å². The number of ether oxygens (including phenoxy) is 2. The van der Waals surface area contributed by atoms with Gasteiger partial charge in [0.15, 0.2) is 5.60 Å². The zero-order valence-electron chi connectivity index (χ0n) is 19.7. The SMILES string of the molecule is CCOC1=Nc2ccc(C)cc2C(c2ccc(N(C)C)cc2)(c2ccc(N(C)C)cc2)O1. The Morgan fingerprint density at radius 2 is 1.34 bits per heavy atom. The lowest BCUT2D eigenvalue weighted by Gasteiger charge is -2.39. The second kappa shape index (κ2) is 8.58. The number of anilines is 2. The largest absolute Gasteiger partial charge is 0.451 e. The van der Waals surface area contributed by atoms with E-state index in [0.717, 1.165) is 39.3 Å². The second-order valence-corrected chi connectivity index (χ2v) is 8.50. The molecule has 1 aliphatic rings. The van der Waals surface area contributed by atoms with Gasteiger partial charge in [0, 0.05) is 56.3 Å². The van der Waals surface area contributed by atoms with Gasteiger partial charge in [0.2, 0.25) is 0 Å². The van der Waals surface area contributed by atoms with Crippen molar-refractivity contribution < 1.29 is 9.47 Å². The van der Waals surface area contributed by atoms with Gasteiger partial charge in [0.25, 0.3) is 0 Å². The van der Waals surface area contributed by atoms with Gasteiger partial charge in [-0.15, -0.1) is 0 Å². The Hall–Kier alpha value is -3.47. The maximum atomic E-state index is 6.67. The molecular formula is C27H31N3O2. The van der Waals surface area contributed by atoms with Crippen molar-refractivity contribution in [1.82, 2.24) is 0 Å². The number of hydrogen-bond acceptors (Lipinski definition) is 5. The first-order valence-electron chi connectivity index (χ1n) is 10.9. The van der Waals surface area contributed by atoms with Crippen LogP contribution in [0.1, 0.15) is 29.2 Å². The molecule has 0 N–H and O–H groups in total. The third-order valence-corrected chi connectivity index (χ3v) is 5.83. The van der Waals surface area contributed by atoms with Crippen LogP contribution in [0, 0.1) is 6.92 Å². The van der Waals surface area contributed by atoms with Gasteiger partial charge in [-0.05, 0) is 50.2 Å². The molecule has 0 atom stereocenters. The summed E-state index contributed by atoms with van der Waals surface area (Å²) < 4.78 is 12.5. The minimum atomic E-state index is -0.872. The summed E-state index contributed by atoms with van der Waals surface area (Å²) in [4.78, 5) is 8.85. The molecule has 3 aromatic rings. The van der Waals surface area contributed by atoms with Crippen LogP contribution in [-0.4, -0.2) is 40.9 Å². The molecule has 5 heteroatoms. The lowest BCUT2D eigenvalue weighted by atomic mass is 9.78. The van der Waals surface area contributed by atoms with Crippen LogP contribution in [0.5, 0.6) is 0 Å². The van der Waals surface area contributed by atoms with Crippen LogP contribution in [0.2, 0.25) is 0 Å². The van der Waals surface area contributed by atoms with E-state index in [-0.39, 0.29) is 6.08 Å². The van der Waals surface area contributed by atoms with E-state index in [1.54, 1.807) is 0 Å². The zero-order chi connectivity index (χ0) is 22.9. The fourth-order valence-corrected chi connectivity index (χ4v) is 4.11. The van der Waals surface area contributed by atoms with Crippen molar-refractivity contribution in [2.24, 2.45) is 4.99 Å². The number of hydrogen-bond donors (Lipinski definition) is 0. The van der Waals surface area contributed by atoms with Crippen molar-refractivity contribution >= 4 is 23.1 Å². The Kier molecular flexibility index (Phi) is 5.83. The van der Waals surface area contributed by atoms with Crippen molar-refractivity contribution in [2.45, 2.75) is 19.4 Å². The van der Waals surface area contributed by atoms with Crippen molar-refractivity contribution in [1.29, 1.82) is 0 Å². The van der Waals surface area contributed by atoms with Gasteiger partial charge in [-0.2, -0.15) is 4.99 Å². The molecule has 5 nitrogen and oxygen atoms in total. The van der Waals surface area contributed by atoms with Crippen LogP contribution < -0.4 is 9.80 Å². The lowest BCUT2D eigenvalue weighted by molar-refractivity contribution is 0.0725. The minimum absolute atomic E-state index is 0.289. The van der Waals surface area contributed by atoms with Gasteiger partial charge in [0.1, 0.15) is 0 Å². The monoisotopic (exact) mass is 429 g/mol. The van der Waals surface area contributed by atoms with E-state index in [2.05, 4.69) is 82.4 Å². The Balaban J connectivity index is 1.99. The van der Waals surface area contributed by atoms with E-state index < -0.39 is 5.60 Å². The zero-order valence-corrected chi connectivity index (χ0v) is 19.7. The molecule has 0 amide bonds. The predicted molar refractivity (Wildman–Crippen MR) is 132 cm³/mol. The lowest BCUT2D eigenvalue weighted by Crippen LogP contribution is -2.38. The summed E-state index contributed by atoms with van der Waals surface area (Å²) in [5, 5.41) is 0. The van der Waals surface area contributed by atoms with E-state index >= 15 is 0 Å². The maximum Gasteiger partial charge on any atom is 0.390 e. The van der Waals surface area contributed by atoms with E-state index in [9.17, 15) is 0 Å². The molecule has 0 saturated heterocycles. The second-order valence-electron chi connectivity index (χ2n) is 8.50. The summed E-state index contributed by atoms with van der Waals surface area (Å²) in [5.41, 5.74) is 6.47. The molecule has 4 rings (SSSR count). The predicted octanol–water partition coefficient (Wildman–Crippen LogP) is 5.47. The van der Waals surface area contributed by atoms with Gasteiger partial charge < -0.3 is 19.3 Å². The van der Waals surface area contributed by atoms with Gasteiger partial charge in [0.05, 0.1) is 12.3 Å². The number of aryl methyl sites for hydroxylation is 1. The highest BCUT2D eigenvalue weighted by Crippen LogP contribution is 2.48. The molecule has 1 heterocycles. The molecule has 0 fully saturated rings. The van der Waals surface area contributed by atoms with E-state index in [4.69, 9.17) is 9.47 Å². The van der Waals surface area contributed by atoms with Crippen molar-refractivity contribution in [3.05, 3.63) is 89.0 Å². The minimum Gasteiger partial charge on any atom is -0.451 e. The van der Waals surface area contributed by atoms with E-state index in [0.29, 0.717) is 6.61 Å². The average molecular weight is 430 g/mol. The first-order chi connectivity index (χ1) is 15.3. The Bertz CT molecular complexity index is 1070. The number of rotatable bonds is 5. The summed E-state index contributed by atoms with van der Waals surface area (Å²) in [7, 11) is 8.17. The van der Waals surface area contributed by atoms with Gasteiger partial charge in [-0.1, -0.05) is 35.9 Å². The molecule has 0 aromatic heterocycles. The third kappa shape index (κ3) is 3.79. The van der Waals surface area contributed by atoms with Crippen molar-refractivity contribution in [2.75, 3.05) is 44.6 Å². The van der Waals surface area contributed by atoms with Crippen LogP contribution >= 0.6 is 0 Å². The molecule has 0 spiro atoms. The summed E-state index contributed by atoms with van der Waals surface area (Å²) in [6, 6.07) is 23.3. The summed E-state index contributed by atoms with van der Waals surface area (Å²) in [6.45, 7) is 4.52. The highest BCUT2D eigenvalue weighted by Gasteiger charge is 2.45. The number of fused-ring (bicyclic) bond motifs is 1. The van der Waals surface area contributed by atoms with E-state index in [1.165, 1.54) is 0 Å². The Morgan fingerprint density at radius 1 is 0.812 bits per heavy atom. The molecule has 0 bridgehead atoms. The topological polar surface area (TPSA) is 37.3 Å². The molecule has 0 saturated carbocycles. The molecule has 0 unspecified atom stereocenters. The fraction of sp³-hybridized carbons (Fsp3) is 0.296. The van der Waals surface area contributed by atoms with Crippen LogP contribution in [0.3, 0.4) is 0 Å². The quantitative estimate of drug-likeness (QED) is 0.539. The van der Waals surface area contributed by atoms with E-state index in [1.807, 2.05) is 41.2 Å². The highest BCUT2D eigenvalue weighted by atomic mass is 16.7. The van der Waals surface area contributed by atoms with Gasteiger partial charge in [-0.25, -0.2) is 0 Å². The van der Waals surface area contributed by atoms with Crippen LogP contribution in [0.25, 0.3) is 0 Å². The molecule has 0 radical (unpaired) electrons. The summed E-state index contributed by atoms with van der Waals surface area (Å²) >= 11 is 0. The molecule has 166 valence electrons. The smallest absolute Gasteiger partial charge is 0.390 e. The first kappa shape index (κ1) is 21.8. The highest BCUT2D eigenvalue weighted by molar-refractivity contribution is 5.79. The molecular weight excluding hydrogens is 398 g/mol. The maximum absolute atomic E-state index is 6.67. The Morgan fingerprint density at radius 3 is 1.81 bits per heavy atom. The average Bonchev–Trinajstić information content (AvgIpc) is 2.79. The van der Waals surface area contributed by atoms with Crippen LogP contribution in [-0.2, 0) is 15.1 Å². The number of nitrogens with zero attached hydrogens (tertiary/aromatic N) is 3. The summed E-state index contributed by atoms with van der Waals surface area (Å²) in [5.74, 6) is 0. The standard InChI is InChI=1S/C27H31N3O2/c1-7-31-26-28-25-17-8-19(2)18-24(25)27(32-26,20-9-13-22(14-10-20)29(3)4)21-11-15-23(16-12-21)30(5)6/h8-18H,7H2,1-6H3. The first-order valence-corrected chi connectivity index (χ1v) is 10.9. The summed E-state index contributed by atoms with van der Waals surface area (Å²) in [6.07, 6.45) is 0.289. The van der Waals surface area contributed by atoms with Gasteiger partial charge in [-0.3, -0.25) is 0 Å². The number of aliphatic imine (C=N–C) groups is 1. The third-order valence-electron chi connectivity index (χ3n) is 5.83. The van der Waals surface area contributed by atoms with Gasteiger partial charge >= 0.3 is 6.08 Å². The van der Waals surface area contributed by atoms with Crippen LogP contribution in [0.15, 0.2) is 71.7 Å². The van der Waals surface area contributed by atoms with Crippen LogP contribution in [0.4, 0.5) is 17.1 Å². The Labute approximate surface area is 190 Å². The molecule has 0 aliphatic carbocycles. The fourth-order valence-electron chi connectivity index (χ4n) is 4.11. The molecule has 3 aromatic carbocycles. The van der Waals surface area contributed by atoms with Crippen molar-refractivity contribution in [3.8, 4) is 0 Å².